The van der Waals surface area contributed by atoms with Crippen molar-refractivity contribution >= 4 is 11.3 Å². The molecule has 6 heteroatoms. The molecule has 1 atom stereocenters. The van der Waals surface area contributed by atoms with Gasteiger partial charge in [0.25, 0.3) is 0 Å². The van der Waals surface area contributed by atoms with Gasteiger partial charge in [0, 0.05) is 25.1 Å². The molecule has 1 aromatic rings. The van der Waals surface area contributed by atoms with Gasteiger partial charge in [-0.2, -0.15) is 24.5 Å². The summed E-state index contributed by atoms with van der Waals surface area (Å²) >= 11 is 1.10. The summed E-state index contributed by atoms with van der Waals surface area (Å²) in [7, 11) is 1.59. The number of nitrogens with one attached hydrogen (secondary N) is 1. The molecule has 0 fully saturated rings. The summed E-state index contributed by atoms with van der Waals surface area (Å²) in [6.45, 7) is 3.10. The van der Waals surface area contributed by atoms with E-state index in [2.05, 4.69) is 5.32 Å². The number of rotatable bonds is 7. The standard InChI is InChI=1S/C12H18F3NOS/c1-3-16-11(5-4-6-17-2)9-7-18-8-10(9)12(13,14)15/h7-8,11,16H,3-6H2,1-2H3. The summed E-state index contributed by atoms with van der Waals surface area (Å²) in [5, 5.41) is 5.87. The zero-order valence-corrected chi connectivity index (χ0v) is 11.3. The van der Waals surface area contributed by atoms with Crippen molar-refractivity contribution in [3.8, 4) is 0 Å². The van der Waals surface area contributed by atoms with Crippen LogP contribution in [0.25, 0.3) is 0 Å². The van der Waals surface area contributed by atoms with E-state index in [0.717, 1.165) is 17.8 Å². The van der Waals surface area contributed by atoms with Crippen molar-refractivity contribution in [2.45, 2.75) is 32.0 Å². The van der Waals surface area contributed by atoms with E-state index in [1.54, 1.807) is 12.5 Å². The van der Waals surface area contributed by atoms with Crippen LogP contribution in [-0.4, -0.2) is 20.3 Å². The van der Waals surface area contributed by atoms with Crippen LogP contribution in [-0.2, 0) is 10.9 Å². The molecule has 104 valence electrons. The Labute approximate surface area is 109 Å². The van der Waals surface area contributed by atoms with Crippen LogP contribution in [0.1, 0.15) is 36.9 Å². The van der Waals surface area contributed by atoms with Crippen LogP contribution in [0.4, 0.5) is 13.2 Å². The van der Waals surface area contributed by atoms with E-state index in [1.165, 1.54) is 5.38 Å². The third-order valence-electron chi connectivity index (χ3n) is 2.66. The number of methoxy groups -OCH3 is 1. The SMILES string of the molecule is CCNC(CCCOC)c1cscc1C(F)(F)F. The molecular weight excluding hydrogens is 263 g/mol. The van der Waals surface area contributed by atoms with Crippen LogP contribution in [0.15, 0.2) is 10.8 Å². The largest absolute Gasteiger partial charge is 0.417 e. The van der Waals surface area contributed by atoms with Gasteiger partial charge in [-0.15, -0.1) is 0 Å². The Bertz CT molecular complexity index is 351. The van der Waals surface area contributed by atoms with E-state index in [1.807, 2.05) is 6.92 Å². The molecule has 1 rings (SSSR count). The molecule has 0 aromatic carbocycles. The summed E-state index contributed by atoms with van der Waals surface area (Å²) in [6, 6.07) is -0.256. The van der Waals surface area contributed by atoms with Crippen LogP contribution in [0.5, 0.6) is 0 Å². The molecule has 0 saturated carbocycles. The van der Waals surface area contributed by atoms with E-state index in [0.29, 0.717) is 25.1 Å². The second kappa shape index (κ2) is 7.11. The van der Waals surface area contributed by atoms with Crippen LogP contribution in [0.2, 0.25) is 0 Å². The zero-order valence-electron chi connectivity index (χ0n) is 10.5. The summed E-state index contributed by atoms with van der Waals surface area (Å²) in [6.07, 6.45) is -2.90. The van der Waals surface area contributed by atoms with E-state index in [9.17, 15) is 13.2 Å². The molecule has 0 aliphatic carbocycles. The minimum Gasteiger partial charge on any atom is -0.385 e. The topological polar surface area (TPSA) is 21.3 Å². The first-order valence-electron chi connectivity index (χ1n) is 5.86. The van der Waals surface area contributed by atoms with Crippen molar-refractivity contribution in [3.05, 3.63) is 21.9 Å². The third kappa shape index (κ3) is 4.26. The molecule has 18 heavy (non-hydrogen) atoms. The van der Waals surface area contributed by atoms with Crippen molar-refractivity contribution in [3.63, 3.8) is 0 Å². The molecule has 1 unspecified atom stereocenters. The third-order valence-corrected chi connectivity index (χ3v) is 3.43. The normalized spacial score (nSPS) is 13.8. The second-order valence-corrected chi connectivity index (χ2v) is 4.73. The fourth-order valence-corrected chi connectivity index (χ4v) is 2.76. The molecule has 0 radical (unpaired) electrons. The summed E-state index contributed by atoms with van der Waals surface area (Å²) in [5.74, 6) is 0. The molecule has 1 N–H and O–H groups in total. The quantitative estimate of drug-likeness (QED) is 0.767. The van der Waals surface area contributed by atoms with Crippen LogP contribution < -0.4 is 5.32 Å². The molecule has 2 nitrogen and oxygen atoms in total. The van der Waals surface area contributed by atoms with E-state index in [4.69, 9.17) is 4.74 Å². The molecule has 0 spiro atoms. The number of halogens is 3. The highest BCUT2D eigenvalue weighted by molar-refractivity contribution is 7.08. The van der Waals surface area contributed by atoms with Gasteiger partial charge in [-0.1, -0.05) is 6.92 Å². The highest BCUT2D eigenvalue weighted by Gasteiger charge is 2.35. The Hall–Kier alpha value is -0.590. The number of hydrogen-bond donors (Lipinski definition) is 1. The van der Waals surface area contributed by atoms with Gasteiger partial charge in [0.05, 0.1) is 5.56 Å². The lowest BCUT2D eigenvalue weighted by Gasteiger charge is -2.19. The predicted molar refractivity (Wildman–Crippen MR) is 66.8 cm³/mol. The van der Waals surface area contributed by atoms with E-state index < -0.39 is 11.7 Å². The summed E-state index contributed by atoms with van der Waals surface area (Å²) < 4.78 is 43.4. The minimum absolute atomic E-state index is 0.256. The van der Waals surface area contributed by atoms with Crippen molar-refractivity contribution < 1.29 is 17.9 Å². The van der Waals surface area contributed by atoms with Gasteiger partial charge in [0.1, 0.15) is 0 Å². The van der Waals surface area contributed by atoms with Gasteiger partial charge in [-0.3, -0.25) is 0 Å². The van der Waals surface area contributed by atoms with Gasteiger partial charge in [0.15, 0.2) is 0 Å². The summed E-state index contributed by atoms with van der Waals surface area (Å²) in [5.41, 5.74) is -0.165. The van der Waals surface area contributed by atoms with Gasteiger partial charge < -0.3 is 10.1 Å². The Morgan fingerprint density at radius 1 is 1.39 bits per heavy atom. The maximum absolute atomic E-state index is 12.8. The zero-order chi connectivity index (χ0) is 13.6. The highest BCUT2D eigenvalue weighted by atomic mass is 32.1. The molecule has 0 amide bonds. The Morgan fingerprint density at radius 3 is 2.67 bits per heavy atom. The molecule has 0 aliphatic heterocycles. The van der Waals surface area contributed by atoms with Crippen molar-refractivity contribution in [2.75, 3.05) is 20.3 Å². The predicted octanol–water partition coefficient (Wildman–Crippen LogP) is 3.84. The number of thiophene rings is 1. The fraction of sp³-hybridized carbons (Fsp3) is 0.667. The smallest absolute Gasteiger partial charge is 0.385 e. The van der Waals surface area contributed by atoms with Crippen LogP contribution in [0, 0.1) is 0 Å². The average Bonchev–Trinajstić information content (AvgIpc) is 2.76. The molecule has 0 bridgehead atoms. The lowest BCUT2D eigenvalue weighted by atomic mass is 10.0. The first-order chi connectivity index (χ1) is 8.50. The monoisotopic (exact) mass is 281 g/mol. The molecule has 1 heterocycles. The van der Waals surface area contributed by atoms with Gasteiger partial charge in [-0.05, 0) is 30.3 Å². The van der Waals surface area contributed by atoms with Crippen LogP contribution >= 0.6 is 11.3 Å². The highest BCUT2D eigenvalue weighted by Crippen LogP contribution is 2.38. The molecule has 1 aromatic heterocycles. The Kier molecular flexibility index (Phi) is 6.11. The number of hydrogen-bond acceptors (Lipinski definition) is 3. The summed E-state index contributed by atoms with van der Waals surface area (Å²) in [4.78, 5) is 0. The average molecular weight is 281 g/mol. The Balaban J connectivity index is 2.81. The fourth-order valence-electron chi connectivity index (χ4n) is 1.85. The van der Waals surface area contributed by atoms with Crippen LogP contribution in [0.3, 0.4) is 0 Å². The molecular formula is C12H18F3NOS. The number of alkyl halides is 3. The molecule has 0 saturated heterocycles. The molecule has 0 aliphatic rings. The maximum atomic E-state index is 12.8. The minimum atomic E-state index is -4.27. The van der Waals surface area contributed by atoms with Crippen molar-refractivity contribution in [1.29, 1.82) is 0 Å². The lowest BCUT2D eigenvalue weighted by molar-refractivity contribution is -0.138. The lowest BCUT2D eigenvalue weighted by Crippen LogP contribution is -2.23. The Morgan fingerprint density at radius 2 is 2.11 bits per heavy atom. The second-order valence-electron chi connectivity index (χ2n) is 3.98. The van der Waals surface area contributed by atoms with E-state index >= 15 is 0 Å². The first kappa shape index (κ1) is 15.5. The van der Waals surface area contributed by atoms with Crippen molar-refractivity contribution in [2.24, 2.45) is 0 Å². The van der Waals surface area contributed by atoms with E-state index in [-0.39, 0.29) is 6.04 Å². The van der Waals surface area contributed by atoms with Gasteiger partial charge in [-0.25, -0.2) is 0 Å². The first-order valence-corrected chi connectivity index (χ1v) is 6.80. The maximum Gasteiger partial charge on any atom is 0.417 e. The van der Waals surface area contributed by atoms with Gasteiger partial charge >= 0.3 is 6.18 Å². The number of ether oxygens (including phenoxy) is 1. The van der Waals surface area contributed by atoms with Crippen molar-refractivity contribution in [1.82, 2.24) is 5.32 Å². The van der Waals surface area contributed by atoms with Gasteiger partial charge in [0.2, 0.25) is 0 Å².